The van der Waals surface area contributed by atoms with E-state index in [0.717, 1.165) is 47.2 Å². The largest absolute Gasteiger partial charge is 0.497 e. The van der Waals surface area contributed by atoms with Crippen molar-refractivity contribution in [3.8, 4) is 28.4 Å². The molecule has 1 saturated heterocycles. The molecule has 3 aromatic carbocycles. The van der Waals surface area contributed by atoms with E-state index in [9.17, 15) is 4.79 Å². The van der Waals surface area contributed by atoms with Crippen molar-refractivity contribution in [3.05, 3.63) is 84.6 Å². The first-order valence-electron chi connectivity index (χ1n) is 11.5. The molecular formula is C27H27N5O3. The van der Waals surface area contributed by atoms with Crippen LogP contribution in [0.25, 0.3) is 16.9 Å². The Morgan fingerprint density at radius 3 is 2.23 bits per heavy atom. The maximum atomic E-state index is 13.1. The Bertz CT molecular complexity index is 1290. The van der Waals surface area contributed by atoms with Crippen LogP contribution in [0.2, 0.25) is 0 Å². The van der Waals surface area contributed by atoms with E-state index in [0.29, 0.717) is 18.7 Å². The molecule has 35 heavy (non-hydrogen) atoms. The summed E-state index contributed by atoms with van der Waals surface area (Å²) in [7, 11) is 3.32. The van der Waals surface area contributed by atoms with Crippen LogP contribution in [0.3, 0.4) is 0 Å². The number of carbonyl (C=O) groups is 1. The Morgan fingerprint density at radius 2 is 1.54 bits per heavy atom. The third-order valence-electron chi connectivity index (χ3n) is 6.29. The Balaban J connectivity index is 1.27. The predicted octanol–water partition coefficient (Wildman–Crippen LogP) is 3.91. The summed E-state index contributed by atoms with van der Waals surface area (Å²) in [5.41, 5.74) is 4.39. The second-order valence-electron chi connectivity index (χ2n) is 8.26. The predicted molar refractivity (Wildman–Crippen MR) is 134 cm³/mol. The molecule has 5 rings (SSSR count). The van der Waals surface area contributed by atoms with Crippen LogP contribution in [0.1, 0.15) is 10.4 Å². The monoisotopic (exact) mass is 469 g/mol. The van der Waals surface area contributed by atoms with Gasteiger partial charge in [0.15, 0.2) is 0 Å². The highest BCUT2D eigenvalue weighted by molar-refractivity contribution is 5.94. The summed E-state index contributed by atoms with van der Waals surface area (Å²) in [6.45, 7) is 2.83. The molecule has 0 spiro atoms. The maximum absolute atomic E-state index is 13.1. The van der Waals surface area contributed by atoms with Gasteiger partial charge in [-0.25, -0.2) is 4.68 Å². The molecule has 0 radical (unpaired) electrons. The molecule has 1 aliphatic heterocycles. The van der Waals surface area contributed by atoms with Gasteiger partial charge in [-0.3, -0.25) is 4.79 Å². The number of amides is 1. The van der Waals surface area contributed by atoms with Crippen molar-refractivity contribution in [1.82, 2.24) is 19.9 Å². The normalized spacial score (nSPS) is 13.5. The summed E-state index contributed by atoms with van der Waals surface area (Å²) in [6.07, 6.45) is 1.72. The fourth-order valence-electron chi connectivity index (χ4n) is 4.35. The molecule has 4 aromatic rings. The molecular weight excluding hydrogens is 442 g/mol. The molecule has 8 heteroatoms. The fraction of sp³-hybridized carbons (Fsp3) is 0.222. The van der Waals surface area contributed by atoms with E-state index >= 15 is 0 Å². The van der Waals surface area contributed by atoms with Crippen molar-refractivity contribution >= 4 is 11.6 Å². The Hall–Kier alpha value is -4.33. The molecule has 0 atom stereocenters. The molecule has 0 bridgehead atoms. The van der Waals surface area contributed by atoms with Crippen LogP contribution in [0.15, 0.2) is 79.0 Å². The van der Waals surface area contributed by atoms with E-state index in [4.69, 9.17) is 9.47 Å². The summed E-state index contributed by atoms with van der Waals surface area (Å²) in [5, 5.41) is 8.33. The van der Waals surface area contributed by atoms with Gasteiger partial charge in [-0.15, -0.1) is 5.10 Å². The number of benzene rings is 3. The molecule has 1 amide bonds. The SMILES string of the molecule is COc1ccc(-c2cnnn2-c2ccc(C(=O)N3CCN(c4ccccc4OC)CC3)cc2)cc1. The molecule has 2 heterocycles. The lowest BCUT2D eigenvalue weighted by Crippen LogP contribution is -2.48. The van der Waals surface area contributed by atoms with Crippen molar-refractivity contribution < 1.29 is 14.3 Å². The topological polar surface area (TPSA) is 72.7 Å². The number of anilines is 1. The zero-order chi connectivity index (χ0) is 24.2. The van der Waals surface area contributed by atoms with Gasteiger partial charge in [-0.1, -0.05) is 17.3 Å². The van der Waals surface area contributed by atoms with Crippen LogP contribution in [-0.4, -0.2) is 66.2 Å². The van der Waals surface area contributed by atoms with Gasteiger partial charge in [-0.2, -0.15) is 0 Å². The fourth-order valence-corrected chi connectivity index (χ4v) is 4.35. The van der Waals surface area contributed by atoms with Gasteiger partial charge in [0.05, 0.1) is 37.5 Å². The lowest BCUT2D eigenvalue weighted by Gasteiger charge is -2.36. The summed E-state index contributed by atoms with van der Waals surface area (Å²) in [6, 6.07) is 23.2. The van der Waals surface area contributed by atoms with Gasteiger partial charge < -0.3 is 19.3 Å². The van der Waals surface area contributed by atoms with Crippen molar-refractivity contribution in [3.63, 3.8) is 0 Å². The third-order valence-corrected chi connectivity index (χ3v) is 6.29. The molecule has 0 unspecified atom stereocenters. The first-order valence-corrected chi connectivity index (χ1v) is 11.5. The number of nitrogens with zero attached hydrogens (tertiary/aromatic N) is 5. The van der Waals surface area contributed by atoms with E-state index in [1.54, 1.807) is 25.1 Å². The Morgan fingerprint density at radius 1 is 0.829 bits per heavy atom. The van der Waals surface area contributed by atoms with E-state index in [2.05, 4.69) is 21.3 Å². The summed E-state index contributed by atoms with van der Waals surface area (Å²) < 4.78 is 12.5. The van der Waals surface area contributed by atoms with Crippen molar-refractivity contribution in [2.24, 2.45) is 0 Å². The number of para-hydroxylation sites is 2. The number of hydrogen-bond acceptors (Lipinski definition) is 6. The van der Waals surface area contributed by atoms with Gasteiger partial charge in [0.2, 0.25) is 0 Å². The number of hydrogen-bond donors (Lipinski definition) is 0. The smallest absolute Gasteiger partial charge is 0.253 e. The van der Waals surface area contributed by atoms with Gasteiger partial charge >= 0.3 is 0 Å². The molecule has 0 saturated carbocycles. The summed E-state index contributed by atoms with van der Waals surface area (Å²) in [4.78, 5) is 17.3. The average molecular weight is 470 g/mol. The lowest BCUT2D eigenvalue weighted by molar-refractivity contribution is 0.0746. The van der Waals surface area contributed by atoms with Gasteiger partial charge in [-0.05, 0) is 60.7 Å². The highest BCUT2D eigenvalue weighted by atomic mass is 16.5. The van der Waals surface area contributed by atoms with Gasteiger partial charge in [0.1, 0.15) is 11.5 Å². The molecule has 0 N–H and O–H groups in total. The van der Waals surface area contributed by atoms with Crippen molar-refractivity contribution in [2.75, 3.05) is 45.3 Å². The molecule has 1 fully saturated rings. The quantitative estimate of drug-likeness (QED) is 0.426. The van der Waals surface area contributed by atoms with E-state index in [1.165, 1.54) is 0 Å². The van der Waals surface area contributed by atoms with Crippen LogP contribution in [0, 0.1) is 0 Å². The van der Waals surface area contributed by atoms with Crippen LogP contribution in [-0.2, 0) is 0 Å². The number of aromatic nitrogens is 3. The molecule has 178 valence electrons. The van der Waals surface area contributed by atoms with E-state index in [1.807, 2.05) is 71.6 Å². The number of piperazine rings is 1. The lowest BCUT2D eigenvalue weighted by atomic mass is 10.1. The van der Waals surface area contributed by atoms with Crippen LogP contribution in [0.4, 0.5) is 5.69 Å². The maximum Gasteiger partial charge on any atom is 0.253 e. The van der Waals surface area contributed by atoms with E-state index < -0.39 is 0 Å². The molecule has 0 aliphatic carbocycles. The second kappa shape index (κ2) is 9.89. The summed E-state index contributed by atoms with van der Waals surface area (Å²) in [5.74, 6) is 1.68. The summed E-state index contributed by atoms with van der Waals surface area (Å²) >= 11 is 0. The second-order valence-corrected chi connectivity index (χ2v) is 8.26. The van der Waals surface area contributed by atoms with Crippen molar-refractivity contribution in [1.29, 1.82) is 0 Å². The zero-order valence-corrected chi connectivity index (χ0v) is 19.8. The highest BCUT2D eigenvalue weighted by Crippen LogP contribution is 2.29. The minimum Gasteiger partial charge on any atom is -0.497 e. The van der Waals surface area contributed by atoms with Gasteiger partial charge in [0.25, 0.3) is 5.91 Å². The zero-order valence-electron chi connectivity index (χ0n) is 19.8. The van der Waals surface area contributed by atoms with Crippen molar-refractivity contribution in [2.45, 2.75) is 0 Å². The molecule has 1 aromatic heterocycles. The van der Waals surface area contributed by atoms with Crippen LogP contribution in [0.5, 0.6) is 11.5 Å². The first kappa shape index (κ1) is 22.5. The number of carbonyl (C=O) groups excluding carboxylic acids is 1. The Labute approximate surface area is 204 Å². The van der Waals surface area contributed by atoms with Crippen LogP contribution >= 0.6 is 0 Å². The van der Waals surface area contributed by atoms with Gasteiger partial charge in [0, 0.05) is 37.3 Å². The number of rotatable bonds is 6. The number of ether oxygens (including phenoxy) is 2. The highest BCUT2D eigenvalue weighted by Gasteiger charge is 2.24. The van der Waals surface area contributed by atoms with E-state index in [-0.39, 0.29) is 5.91 Å². The third kappa shape index (κ3) is 4.55. The first-order chi connectivity index (χ1) is 17.2. The molecule has 8 nitrogen and oxygen atoms in total. The van der Waals surface area contributed by atoms with Crippen LogP contribution < -0.4 is 14.4 Å². The standard InChI is InChI=1S/C27H27N5O3/c1-34-23-13-9-20(10-14-23)25-19-28-29-32(25)22-11-7-21(8-12-22)27(33)31-17-15-30(16-18-31)24-5-3-4-6-26(24)35-2/h3-14,19H,15-18H2,1-2H3. The minimum atomic E-state index is 0.0326. The number of methoxy groups -OCH3 is 2. The molecule has 1 aliphatic rings. The Kier molecular flexibility index (Phi) is 6.34. The average Bonchev–Trinajstić information content (AvgIpc) is 3.43. The minimum absolute atomic E-state index is 0.0326.